The molecule has 8 nitrogen and oxygen atoms in total. The molecule has 0 rings (SSSR count). The summed E-state index contributed by atoms with van der Waals surface area (Å²) in [5.74, 6) is 1.47. The van der Waals surface area contributed by atoms with Gasteiger partial charge in [-0.15, -0.1) is 0 Å². The predicted molar refractivity (Wildman–Crippen MR) is 310 cm³/mol. The first-order chi connectivity index (χ1) is 35.3. The number of hydrogen-bond acceptors (Lipinski definition) is 8. The van der Waals surface area contributed by atoms with Gasteiger partial charge in [0.1, 0.15) is 0 Å². The highest BCUT2D eigenvalue weighted by atomic mass is 16.5. The smallest absolute Gasteiger partial charge is 0.305 e. The molecule has 0 bridgehead atoms. The molecule has 0 heterocycles. The summed E-state index contributed by atoms with van der Waals surface area (Å²) < 4.78 is 17.6. The summed E-state index contributed by atoms with van der Waals surface area (Å²) in [6.07, 6.45) is 51.1. The van der Waals surface area contributed by atoms with Crippen molar-refractivity contribution < 1.29 is 28.6 Å². The van der Waals surface area contributed by atoms with Crippen molar-refractivity contribution in [2.75, 3.05) is 52.5 Å². The van der Waals surface area contributed by atoms with Crippen LogP contribution in [0.2, 0.25) is 0 Å². The molecule has 1 N–H and O–H groups in total. The Morgan fingerprint density at radius 1 is 0.306 bits per heavy atom. The van der Waals surface area contributed by atoms with Gasteiger partial charge in [0.15, 0.2) is 0 Å². The molecule has 0 aliphatic rings. The molecule has 0 spiro atoms. The second-order valence-electron chi connectivity index (χ2n) is 22.5. The first-order valence-corrected chi connectivity index (χ1v) is 32.2. The van der Waals surface area contributed by atoms with Crippen molar-refractivity contribution >= 4 is 17.9 Å². The van der Waals surface area contributed by atoms with Crippen molar-refractivity contribution in [3.63, 3.8) is 0 Å². The number of carbonyl (C=O) groups excluding carboxylic acids is 3. The molecule has 0 aromatic carbocycles. The van der Waals surface area contributed by atoms with Crippen LogP contribution in [-0.4, -0.2) is 75.4 Å². The minimum Gasteiger partial charge on any atom is -0.465 e. The zero-order chi connectivity index (χ0) is 52.6. The van der Waals surface area contributed by atoms with E-state index in [0.29, 0.717) is 56.8 Å². The zero-order valence-electron chi connectivity index (χ0n) is 49.4. The number of rotatable bonds is 59. The van der Waals surface area contributed by atoms with Gasteiger partial charge in [0.05, 0.1) is 19.8 Å². The Labute approximate surface area is 449 Å². The Kier molecular flexibility index (Phi) is 55.7. The highest BCUT2D eigenvalue weighted by molar-refractivity contribution is 5.69. The normalized spacial score (nSPS) is 12.9. The summed E-state index contributed by atoms with van der Waals surface area (Å²) in [6, 6.07) is 0. The van der Waals surface area contributed by atoms with Gasteiger partial charge >= 0.3 is 17.9 Å². The highest BCUT2D eigenvalue weighted by Gasteiger charge is 2.16. The average molecular weight is 1020 g/mol. The van der Waals surface area contributed by atoms with Crippen LogP contribution >= 0.6 is 0 Å². The molecule has 3 unspecified atom stereocenters. The van der Waals surface area contributed by atoms with Crippen molar-refractivity contribution in [3.8, 4) is 0 Å². The summed E-state index contributed by atoms with van der Waals surface area (Å²) in [4.78, 5) is 40.9. The van der Waals surface area contributed by atoms with E-state index in [1.807, 2.05) is 0 Å². The molecule has 3 atom stereocenters. The molecule has 72 heavy (non-hydrogen) atoms. The third kappa shape index (κ3) is 50.5. The summed E-state index contributed by atoms with van der Waals surface area (Å²) in [7, 11) is 0. The van der Waals surface area contributed by atoms with Crippen LogP contribution in [0.25, 0.3) is 0 Å². The molecule has 0 saturated carbocycles. The molecule has 0 saturated heterocycles. The lowest BCUT2D eigenvalue weighted by molar-refractivity contribution is -0.146. The highest BCUT2D eigenvalue weighted by Crippen LogP contribution is 2.23. The van der Waals surface area contributed by atoms with E-state index in [1.54, 1.807) is 0 Å². The molecular weight excluding hydrogens is 893 g/mol. The maximum atomic E-state index is 12.9. The number of nitrogens with one attached hydrogen (secondary N) is 1. The maximum absolute atomic E-state index is 12.9. The molecule has 0 amide bonds. The Morgan fingerprint density at radius 2 is 0.583 bits per heavy atom. The lowest BCUT2D eigenvalue weighted by Crippen LogP contribution is -2.34. The molecule has 0 aromatic heterocycles. The van der Waals surface area contributed by atoms with E-state index in [-0.39, 0.29) is 17.9 Å². The Hall–Kier alpha value is -1.67. The standard InChI is InChI=1S/C64H126N2O6/c1-7-13-19-24-26-34-46-60(44-32-22-16-10-4)57-71-63(68)49-37-29-40-53-66(55-52-65-51-39-28-36-48-62(67)70-56-59(42-18-12-6)43-31-21-15-9-3)54-41-30-38-50-64(69)72-58-61(45-33-23-17-11-5)47-35-27-25-20-14-8-2/h59-61,65H,7-58H2,1-6H3. The van der Waals surface area contributed by atoms with E-state index >= 15 is 0 Å². The Bertz CT molecular complexity index is 1080. The van der Waals surface area contributed by atoms with E-state index in [0.717, 1.165) is 90.5 Å². The van der Waals surface area contributed by atoms with Crippen LogP contribution in [0.1, 0.15) is 324 Å². The van der Waals surface area contributed by atoms with Gasteiger partial charge in [0.2, 0.25) is 0 Å². The van der Waals surface area contributed by atoms with Crippen LogP contribution in [0.5, 0.6) is 0 Å². The summed E-state index contributed by atoms with van der Waals surface area (Å²) in [5.41, 5.74) is 0. The molecule has 0 aromatic rings. The summed E-state index contributed by atoms with van der Waals surface area (Å²) in [5, 5.41) is 3.68. The van der Waals surface area contributed by atoms with Crippen molar-refractivity contribution in [2.24, 2.45) is 17.8 Å². The quantitative estimate of drug-likeness (QED) is 0.0366. The molecule has 0 aliphatic heterocycles. The fourth-order valence-electron chi connectivity index (χ4n) is 10.2. The van der Waals surface area contributed by atoms with E-state index in [9.17, 15) is 14.4 Å². The fourth-order valence-corrected chi connectivity index (χ4v) is 10.2. The van der Waals surface area contributed by atoms with Gasteiger partial charge in [0.25, 0.3) is 0 Å². The second-order valence-corrected chi connectivity index (χ2v) is 22.5. The van der Waals surface area contributed by atoms with Crippen LogP contribution in [0.3, 0.4) is 0 Å². The Morgan fingerprint density at radius 3 is 0.931 bits per heavy atom. The van der Waals surface area contributed by atoms with Crippen LogP contribution in [-0.2, 0) is 28.6 Å². The summed E-state index contributed by atoms with van der Waals surface area (Å²) in [6.45, 7) is 20.3. The minimum atomic E-state index is -0.0244. The number of unbranched alkanes of at least 4 members (excludes halogenated alkanes) is 26. The van der Waals surface area contributed by atoms with Crippen molar-refractivity contribution in [2.45, 2.75) is 324 Å². The first kappa shape index (κ1) is 70.3. The van der Waals surface area contributed by atoms with Gasteiger partial charge in [-0.25, -0.2) is 0 Å². The van der Waals surface area contributed by atoms with Crippen molar-refractivity contribution in [1.29, 1.82) is 0 Å². The monoisotopic (exact) mass is 1020 g/mol. The molecule has 428 valence electrons. The zero-order valence-corrected chi connectivity index (χ0v) is 49.4. The van der Waals surface area contributed by atoms with Crippen LogP contribution in [0.4, 0.5) is 0 Å². The number of ether oxygens (including phenoxy) is 3. The van der Waals surface area contributed by atoms with Gasteiger partial charge in [-0.05, 0) is 114 Å². The molecule has 8 heteroatoms. The lowest BCUT2D eigenvalue weighted by Gasteiger charge is -2.22. The van der Waals surface area contributed by atoms with E-state index in [4.69, 9.17) is 14.2 Å². The molecular formula is C64H126N2O6. The Balaban J connectivity index is 4.91. The number of esters is 3. The van der Waals surface area contributed by atoms with E-state index < -0.39 is 0 Å². The van der Waals surface area contributed by atoms with Gasteiger partial charge in [-0.1, -0.05) is 228 Å². The molecule has 0 aliphatic carbocycles. The van der Waals surface area contributed by atoms with Crippen molar-refractivity contribution in [1.82, 2.24) is 10.2 Å². The molecule has 0 fully saturated rings. The average Bonchev–Trinajstić information content (AvgIpc) is 3.38. The van der Waals surface area contributed by atoms with E-state index in [2.05, 4.69) is 51.8 Å². The van der Waals surface area contributed by atoms with Gasteiger partial charge in [-0.3, -0.25) is 14.4 Å². The van der Waals surface area contributed by atoms with Gasteiger partial charge < -0.3 is 24.4 Å². The fraction of sp³-hybridized carbons (Fsp3) is 0.953. The molecule has 0 radical (unpaired) electrons. The van der Waals surface area contributed by atoms with Crippen LogP contribution in [0, 0.1) is 17.8 Å². The largest absolute Gasteiger partial charge is 0.465 e. The minimum absolute atomic E-state index is 0.0162. The van der Waals surface area contributed by atoms with Crippen molar-refractivity contribution in [3.05, 3.63) is 0 Å². The van der Waals surface area contributed by atoms with Crippen LogP contribution < -0.4 is 5.32 Å². The number of hydrogen-bond donors (Lipinski definition) is 1. The summed E-state index contributed by atoms with van der Waals surface area (Å²) >= 11 is 0. The third-order valence-electron chi connectivity index (χ3n) is 15.3. The lowest BCUT2D eigenvalue weighted by atomic mass is 9.95. The second kappa shape index (κ2) is 57.0. The number of carbonyl (C=O) groups is 3. The SMILES string of the molecule is CCCCCCCCC(CCCCCC)COC(=O)CCCCCN(CCCCCC(=O)OCC(CCCCCC)CCCCCCCC)CCNCCCCCC(=O)OCC(CCCC)CCCCCC. The van der Waals surface area contributed by atoms with E-state index in [1.165, 1.54) is 205 Å². The predicted octanol–water partition coefficient (Wildman–Crippen LogP) is 18.6. The van der Waals surface area contributed by atoms with Gasteiger partial charge in [-0.2, -0.15) is 0 Å². The number of nitrogens with zero attached hydrogens (tertiary/aromatic N) is 1. The topological polar surface area (TPSA) is 94.2 Å². The first-order valence-electron chi connectivity index (χ1n) is 32.2. The van der Waals surface area contributed by atoms with Crippen LogP contribution in [0.15, 0.2) is 0 Å². The maximum Gasteiger partial charge on any atom is 0.305 e. The third-order valence-corrected chi connectivity index (χ3v) is 15.3. The van der Waals surface area contributed by atoms with Gasteiger partial charge in [0, 0.05) is 32.4 Å².